The van der Waals surface area contributed by atoms with E-state index in [2.05, 4.69) is 9.97 Å². The van der Waals surface area contributed by atoms with E-state index in [1.807, 2.05) is 48.5 Å². The molecule has 154 valence electrons. The minimum atomic E-state index is -0.810. The fraction of sp³-hybridized carbons (Fsp3) is 0.217. The maximum Gasteiger partial charge on any atom is 0.515 e. The first-order valence-electron chi connectivity index (χ1n) is 9.59. The average molecular weight is 406 g/mol. The smallest absolute Gasteiger partial charge is 0.457 e. The molecule has 0 spiro atoms. The van der Waals surface area contributed by atoms with E-state index in [9.17, 15) is 4.79 Å². The number of aromatic amines is 1. The number of hydrogen-bond donors (Lipinski definition) is 1. The van der Waals surface area contributed by atoms with Gasteiger partial charge in [0.1, 0.15) is 11.5 Å². The van der Waals surface area contributed by atoms with Gasteiger partial charge in [-0.25, -0.2) is 9.78 Å². The lowest BCUT2D eigenvalue weighted by atomic mass is 10.1. The van der Waals surface area contributed by atoms with Crippen molar-refractivity contribution in [3.05, 3.63) is 60.3 Å². The molecule has 0 aliphatic carbocycles. The fourth-order valence-electron chi connectivity index (χ4n) is 3.32. The van der Waals surface area contributed by atoms with Crippen molar-refractivity contribution in [1.82, 2.24) is 9.97 Å². The number of pyridine rings is 1. The van der Waals surface area contributed by atoms with Crippen molar-refractivity contribution < 1.29 is 23.7 Å². The molecule has 30 heavy (non-hydrogen) atoms. The number of benzene rings is 2. The molecule has 0 aliphatic rings. The van der Waals surface area contributed by atoms with E-state index in [1.54, 1.807) is 27.2 Å². The van der Waals surface area contributed by atoms with Gasteiger partial charge in [-0.3, -0.25) is 0 Å². The number of H-pyrrole nitrogens is 1. The number of carbonyl (C=O) groups is 1. The maximum atomic E-state index is 12.1. The van der Waals surface area contributed by atoms with E-state index in [-0.39, 0.29) is 18.6 Å². The van der Waals surface area contributed by atoms with Crippen LogP contribution in [0, 0.1) is 0 Å². The number of para-hydroxylation sites is 1. The van der Waals surface area contributed by atoms with Gasteiger partial charge in [-0.1, -0.05) is 24.3 Å². The van der Waals surface area contributed by atoms with E-state index in [0.717, 1.165) is 27.6 Å². The van der Waals surface area contributed by atoms with Crippen molar-refractivity contribution in [3.8, 4) is 17.4 Å². The minimum Gasteiger partial charge on any atom is -0.457 e. The Morgan fingerprint density at radius 2 is 1.83 bits per heavy atom. The van der Waals surface area contributed by atoms with Crippen molar-refractivity contribution in [3.63, 3.8) is 0 Å². The van der Waals surface area contributed by atoms with Crippen LogP contribution in [0.15, 0.2) is 54.7 Å². The molecule has 0 saturated heterocycles. The van der Waals surface area contributed by atoms with Gasteiger partial charge in [0.15, 0.2) is 0 Å². The molecular formula is C23H22N2O5. The second-order valence-corrected chi connectivity index (χ2v) is 7.00. The zero-order valence-electron chi connectivity index (χ0n) is 17.0. The molecule has 0 fully saturated rings. The number of methoxy groups -OCH3 is 1. The van der Waals surface area contributed by atoms with Crippen LogP contribution < -0.4 is 9.47 Å². The van der Waals surface area contributed by atoms with Gasteiger partial charge >= 0.3 is 6.16 Å². The molecule has 0 saturated carbocycles. The number of aromatic nitrogens is 2. The lowest BCUT2D eigenvalue weighted by Crippen LogP contribution is -2.17. The topological polar surface area (TPSA) is 82.7 Å². The second-order valence-electron chi connectivity index (χ2n) is 7.00. The molecule has 0 bridgehead atoms. The van der Waals surface area contributed by atoms with E-state index >= 15 is 0 Å². The predicted octanol–water partition coefficient (Wildman–Crippen LogP) is 5.58. The van der Waals surface area contributed by atoms with Gasteiger partial charge < -0.3 is 23.9 Å². The van der Waals surface area contributed by atoms with E-state index in [0.29, 0.717) is 11.3 Å². The third-order valence-electron chi connectivity index (χ3n) is 4.46. The summed E-state index contributed by atoms with van der Waals surface area (Å²) in [5.74, 6) is 1.54. The Kier molecular flexibility index (Phi) is 5.54. The van der Waals surface area contributed by atoms with Gasteiger partial charge in [-0.2, -0.15) is 0 Å². The Hall–Kier alpha value is -3.58. The van der Waals surface area contributed by atoms with Gasteiger partial charge in [0.05, 0.1) is 40.9 Å². The van der Waals surface area contributed by atoms with E-state index in [4.69, 9.17) is 18.9 Å². The molecular weight excluding hydrogens is 384 g/mol. The zero-order valence-corrected chi connectivity index (χ0v) is 17.0. The first kappa shape index (κ1) is 19.7. The van der Waals surface area contributed by atoms with Crippen LogP contribution in [0.5, 0.6) is 17.4 Å². The van der Waals surface area contributed by atoms with Crippen LogP contribution >= 0.6 is 0 Å². The number of fused-ring (bicyclic) bond motifs is 3. The quantitative estimate of drug-likeness (QED) is 0.421. The molecule has 0 atom stereocenters. The van der Waals surface area contributed by atoms with Gasteiger partial charge in [0, 0.05) is 12.5 Å². The SMILES string of the molecule is COCc1c(OC(=O)OC(C)C)ncc2[nH]c3cccc(Oc4ccccc4)c3c12. The van der Waals surface area contributed by atoms with Crippen molar-refractivity contribution in [1.29, 1.82) is 0 Å². The molecule has 0 aliphatic heterocycles. The number of hydrogen-bond acceptors (Lipinski definition) is 6. The highest BCUT2D eigenvalue weighted by atomic mass is 16.7. The Labute approximate surface area is 173 Å². The minimum absolute atomic E-state index is 0.144. The summed E-state index contributed by atoms with van der Waals surface area (Å²) in [6, 6.07) is 15.3. The van der Waals surface area contributed by atoms with Crippen LogP contribution in [-0.2, 0) is 16.1 Å². The highest BCUT2D eigenvalue weighted by molar-refractivity contribution is 6.12. The first-order chi connectivity index (χ1) is 14.6. The van der Waals surface area contributed by atoms with Crippen molar-refractivity contribution in [2.24, 2.45) is 0 Å². The molecule has 2 aromatic carbocycles. The number of carbonyl (C=O) groups excluding carboxylic acids is 1. The molecule has 2 aromatic heterocycles. The summed E-state index contributed by atoms with van der Waals surface area (Å²) in [4.78, 5) is 19.7. The first-order valence-corrected chi connectivity index (χ1v) is 9.59. The number of nitrogens with zero attached hydrogens (tertiary/aromatic N) is 1. The van der Waals surface area contributed by atoms with Crippen LogP contribution in [0.25, 0.3) is 21.8 Å². The second kappa shape index (κ2) is 8.42. The van der Waals surface area contributed by atoms with Crippen LogP contribution in [0.4, 0.5) is 4.79 Å². The normalized spacial score (nSPS) is 11.2. The van der Waals surface area contributed by atoms with E-state index in [1.165, 1.54) is 0 Å². The molecule has 0 amide bonds. The summed E-state index contributed by atoms with van der Waals surface area (Å²) in [7, 11) is 1.57. The molecule has 7 nitrogen and oxygen atoms in total. The fourth-order valence-corrected chi connectivity index (χ4v) is 3.32. The van der Waals surface area contributed by atoms with Gasteiger partial charge in [-0.15, -0.1) is 0 Å². The predicted molar refractivity (Wildman–Crippen MR) is 113 cm³/mol. The highest BCUT2D eigenvalue weighted by Gasteiger charge is 2.21. The molecule has 2 heterocycles. The van der Waals surface area contributed by atoms with Crippen molar-refractivity contribution in [2.45, 2.75) is 26.6 Å². The van der Waals surface area contributed by atoms with Crippen LogP contribution in [0.3, 0.4) is 0 Å². The summed E-state index contributed by atoms with van der Waals surface area (Å²) in [5, 5.41) is 1.67. The Morgan fingerprint density at radius 3 is 2.57 bits per heavy atom. The molecule has 1 N–H and O–H groups in total. The largest absolute Gasteiger partial charge is 0.515 e. The number of rotatable bonds is 6. The molecule has 0 radical (unpaired) electrons. The highest BCUT2D eigenvalue weighted by Crippen LogP contribution is 2.39. The molecule has 4 aromatic rings. The van der Waals surface area contributed by atoms with Gasteiger partial charge in [0.2, 0.25) is 5.88 Å². The van der Waals surface area contributed by atoms with Crippen molar-refractivity contribution >= 4 is 28.0 Å². The molecule has 0 unspecified atom stereocenters. The Morgan fingerprint density at radius 1 is 1.03 bits per heavy atom. The summed E-state index contributed by atoms with van der Waals surface area (Å²) in [6.07, 6.45) is 0.513. The molecule has 7 heteroatoms. The summed E-state index contributed by atoms with van der Waals surface area (Å²) >= 11 is 0. The number of ether oxygens (including phenoxy) is 4. The van der Waals surface area contributed by atoms with Crippen LogP contribution in [-0.4, -0.2) is 29.3 Å². The van der Waals surface area contributed by atoms with Crippen LogP contribution in [0.2, 0.25) is 0 Å². The zero-order chi connectivity index (χ0) is 21.1. The van der Waals surface area contributed by atoms with Gasteiger partial charge in [0.25, 0.3) is 0 Å². The van der Waals surface area contributed by atoms with Crippen molar-refractivity contribution in [2.75, 3.05) is 7.11 Å². The summed E-state index contributed by atoms with van der Waals surface area (Å²) in [6.45, 7) is 3.70. The maximum absolute atomic E-state index is 12.1. The number of nitrogens with one attached hydrogen (secondary N) is 1. The van der Waals surface area contributed by atoms with E-state index < -0.39 is 6.16 Å². The summed E-state index contributed by atoms with van der Waals surface area (Å²) < 4.78 is 22.0. The summed E-state index contributed by atoms with van der Waals surface area (Å²) in [5.41, 5.74) is 2.29. The standard InChI is InChI=1S/C23H22N2O5/c1-14(2)28-23(26)30-22-16(13-27-3)20-18(12-24-22)25-17-10-7-11-19(21(17)20)29-15-8-5-4-6-9-15/h4-12,14,25H,13H2,1-3H3. The third kappa shape index (κ3) is 3.92. The lowest BCUT2D eigenvalue weighted by molar-refractivity contribution is 0.0705. The third-order valence-corrected chi connectivity index (χ3v) is 4.46. The van der Waals surface area contributed by atoms with Crippen LogP contribution in [0.1, 0.15) is 19.4 Å². The monoisotopic (exact) mass is 406 g/mol. The lowest BCUT2D eigenvalue weighted by Gasteiger charge is -2.12. The van der Waals surface area contributed by atoms with Gasteiger partial charge in [-0.05, 0) is 38.1 Å². The average Bonchev–Trinajstić information content (AvgIpc) is 3.10. The molecule has 4 rings (SSSR count). The Balaban J connectivity index is 1.87. The Bertz CT molecular complexity index is 1180.